The van der Waals surface area contributed by atoms with E-state index in [9.17, 15) is 4.79 Å². The minimum absolute atomic E-state index is 0.0108. The molecule has 0 saturated carbocycles. The highest BCUT2D eigenvalue weighted by Gasteiger charge is 2.25. The number of hydrogen-bond acceptors (Lipinski definition) is 1. The fraction of sp³-hybridized carbons (Fsp3) is 0.615. The maximum absolute atomic E-state index is 11.4. The Labute approximate surface area is 91.7 Å². The number of aromatic nitrogens is 1. The van der Waals surface area contributed by atoms with Gasteiger partial charge >= 0.3 is 0 Å². The summed E-state index contributed by atoms with van der Waals surface area (Å²) >= 11 is 0. The molecule has 1 N–H and O–H groups in total. The molecule has 0 aliphatic heterocycles. The van der Waals surface area contributed by atoms with Crippen molar-refractivity contribution < 1.29 is 0 Å². The second-order valence-corrected chi connectivity index (χ2v) is 6.12. The van der Waals surface area contributed by atoms with Crippen LogP contribution in [0.2, 0.25) is 0 Å². The number of aromatic amines is 1. The predicted molar refractivity (Wildman–Crippen MR) is 64.5 cm³/mol. The third kappa shape index (κ3) is 2.71. The average Bonchev–Trinajstić information content (AvgIpc) is 2.00. The molecule has 0 aliphatic rings. The van der Waals surface area contributed by atoms with Gasteiger partial charge in [0.25, 0.3) is 0 Å². The van der Waals surface area contributed by atoms with Crippen molar-refractivity contribution in [2.45, 2.75) is 52.4 Å². The molecule has 2 heteroatoms. The summed E-state index contributed by atoms with van der Waals surface area (Å²) in [6.45, 7) is 12.9. The smallest absolute Gasteiger partial charge is 0.248 e. The van der Waals surface area contributed by atoms with Crippen molar-refractivity contribution in [2.24, 2.45) is 0 Å². The highest BCUT2D eigenvalue weighted by atomic mass is 16.1. The summed E-state index contributed by atoms with van der Waals surface area (Å²) < 4.78 is 0. The Balaban J connectivity index is 3.48. The van der Waals surface area contributed by atoms with E-state index in [1.165, 1.54) is 5.56 Å². The lowest BCUT2D eigenvalue weighted by Gasteiger charge is -2.29. The highest BCUT2D eigenvalue weighted by molar-refractivity contribution is 5.34. The van der Waals surface area contributed by atoms with Crippen LogP contribution in [0.4, 0.5) is 0 Å². The summed E-state index contributed by atoms with van der Waals surface area (Å²) in [7, 11) is 0. The summed E-state index contributed by atoms with van der Waals surface area (Å²) in [5.41, 5.74) is 2.41. The molecule has 0 saturated heterocycles. The van der Waals surface area contributed by atoms with Crippen molar-refractivity contribution in [3.05, 3.63) is 33.7 Å². The first-order valence-corrected chi connectivity index (χ1v) is 5.36. The first kappa shape index (κ1) is 12.0. The molecule has 15 heavy (non-hydrogen) atoms. The van der Waals surface area contributed by atoms with E-state index in [0.29, 0.717) is 0 Å². The number of nitrogens with one attached hydrogen (secondary N) is 1. The molecule has 1 aromatic heterocycles. The molecule has 0 aromatic carbocycles. The Hall–Kier alpha value is -1.05. The van der Waals surface area contributed by atoms with Gasteiger partial charge in [0.1, 0.15) is 0 Å². The highest BCUT2D eigenvalue weighted by Crippen LogP contribution is 2.31. The lowest BCUT2D eigenvalue weighted by Crippen LogP contribution is -2.25. The molecule has 0 aliphatic carbocycles. The van der Waals surface area contributed by atoms with Crippen LogP contribution in [0.1, 0.15) is 52.7 Å². The van der Waals surface area contributed by atoms with E-state index >= 15 is 0 Å². The molecular weight excluding hydrogens is 186 g/mol. The topological polar surface area (TPSA) is 32.9 Å². The molecule has 0 bridgehead atoms. The fourth-order valence-corrected chi connectivity index (χ4v) is 1.71. The van der Waals surface area contributed by atoms with E-state index in [-0.39, 0.29) is 16.4 Å². The van der Waals surface area contributed by atoms with Crippen molar-refractivity contribution >= 4 is 0 Å². The fourth-order valence-electron chi connectivity index (χ4n) is 1.71. The third-order valence-corrected chi connectivity index (χ3v) is 2.54. The third-order valence-electron chi connectivity index (χ3n) is 2.54. The minimum atomic E-state index is -0.0204. The Kier molecular flexibility index (Phi) is 2.81. The van der Waals surface area contributed by atoms with Gasteiger partial charge in [0.2, 0.25) is 5.56 Å². The van der Waals surface area contributed by atoms with Crippen LogP contribution in [0.15, 0.2) is 17.1 Å². The van der Waals surface area contributed by atoms with Gasteiger partial charge in [0.05, 0.1) is 0 Å². The molecule has 0 amide bonds. The molecule has 1 rings (SSSR count). The Morgan fingerprint density at radius 3 is 1.80 bits per heavy atom. The molecule has 2 nitrogen and oxygen atoms in total. The van der Waals surface area contributed by atoms with E-state index < -0.39 is 0 Å². The second kappa shape index (κ2) is 3.51. The van der Waals surface area contributed by atoms with Crippen LogP contribution < -0.4 is 5.56 Å². The van der Waals surface area contributed by atoms with Crippen LogP contribution in [0.5, 0.6) is 0 Å². The lowest BCUT2D eigenvalue weighted by molar-refractivity contribution is 0.526. The molecule has 0 spiro atoms. The molecular formula is C13H21NO. The molecule has 1 aromatic rings. The summed E-state index contributed by atoms with van der Waals surface area (Å²) in [6.07, 6.45) is 1.85. The van der Waals surface area contributed by atoms with Gasteiger partial charge < -0.3 is 4.98 Å². The van der Waals surface area contributed by atoms with Crippen molar-refractivity contribution in [3.63, 3.8) is 0 Å². The summed E-state index contributed by atoms with van der Waals surface area (Å²) in [5, 5.41) is 0. The van der Waals surface area contributed by atoms with E-state index in [2.05, 4.69) is 46.5 Å². The van der Waals surface area contributed by atoms with Crippen molar-refractivity contribution in [1.82, 2.24) is 4.98 Å². The van der Waals surface area contributed by atoms with E-state index in [4.69, 9.17) is 0 Å². The van der Waals surface area contributed by atoms with Crippen LogP contribution in [-0.4, -0.2) is 4.98 Å². The van der Waals surface area contributed by atoms with Crippen molar-refractivity contribution in [1.29, 1.82) is 0 Å². The molecule has 0 atom stereocenters. The second-order valence-electron chi connectivity index (χ2n) is 6.12. The van der Waals surface area contributed by atoms with Gasteiger partial charge in [-0.25, -0.2) is 0 Å². The Morgan fingerprint density at radius 1 is 0.933 bits per heavy atom. The monoisotopic (exact) mass is 207 g/mol. The zero-order valence-corrected chi connectivity index (χ0v) is 10.6. The van der Waals surface area contributed by atoms with E-state index in [0.717, 1.165) is 5.56 Å². The van der Waals surface area contributed by atoms with E-state index in [1.54, 1.807) is 6.07 Å². The van der Waals surface area contributed by atoms with Crippen molar-refractivity contribution in [2.75, 3.05) is 0 Å². The van der Waals surface area contributed by atoms with Gasteiger partial charge in [-0.2, -0.15) is 0 Å². The Morgan fingerprint density at radius 2 is 1.40 bits per heavy atom. The van der Waals surface area contributed by atoms with Gasteiger partial charge in [-0.05, 0) is 22.0 Å². The lowest BCUT2D eigenvalue weighted by atomic mass is 9.76. The summed E-state index contributed by atoms with van der Waals surface area (Å²) in [5.74, 6) is 0. The Bertz CT molecular complexity index is 402. The SMILES string of the molecule is CC(C)(C)c1c[nH]c(=O)cc1C(C)(C)C. The van der Waals surface area contributed by atoms with Crippen LogP contribution >= 0.6 is 0 Å². The number of pyridine rings is 1. The van der Waals surface area contributed by atoms with E-state index in [1.807, 2.05) is 6.20 Å². The van der Waals surface area contributed by atoms with Crippen LogP contribution in [0, 0.1) is 0 Å². The molecule has 84 valence electrons. The standard InChI is InChI=1S/C13H21NO/c1-12(2,3)9-7-11(15)14-8-10(9)13(4,5)6/h7-8H,1-6H3,(H,14,15). The number of hydrogen-bond donors (Lipinski definition) is 1. The van der Waals surface area contributed by atoms with Gasteiger partial charge in [0, 0.05) is 12.3 Å². The zero-order chi connectivity index (χ0) is 11.9. The first-order valence-electron chi connectivity index (χ1n) is 5.36. The van der Waals surface area contributed by atoms with Gasteiger partial charge in [0.15, 0.2) is 0 Å². The number of H-pyrrole nitrogens is 1. The van der Waals surface area contributed by atoms with Crippen LogP contribution in [0.25, 0.3) is 0 Å². The van der Waals surface area contributed by atoms with Crippen LogP contribution in [0.3, 0.4) is 0 Å². The molecule has 0 radical (unpaired) electrons. The zero-order valence-electron chi connectivity index (χ0n) is 10.6. The molecule has 0 unspecified atom stereocenters. The van der Waals surface area contributed by atoms with Crippen LogP contribution in [-0.2, 0) is 10.8 Å². The minimum Gasteiger partial charge on any atom is -0.329 e. The summed E-state index contributed by atoms with van der Waals surface area (Å²) in [4.78, 5) is 14.1. The van der Waals surface area contributed by atoms with Gasteiger partial charge in [-0.3, -0.25) is 4.79 Å². The molecule has 0 fully saturated rings. The first-order chi connectivity index (χ1) is 6.62. The quantitative estimate of drug-likeness (QED) is 0.697. The van der Waals surface area contributed by atoms with Crippen molar-refractivity contribution in [3.8, 4) is 0 Å². The van der Waals surface area contributed by atoms with Gasteiger partial charge in [-0.1, -0.05) is 41.5 Å². The normalized spacial score (nSPS) is 12.9. The maximum atomic E-state index is 11.4. The maximum Gasteiger partial charge on any atom is 0.248 e. The predicted octanol–water partition coefficient (Wildman–Crippen LogP) is 2.97. The largest absolute Gasteiger partial charge is 0.329 e. The van der Waals surface area contributed by atoms with Gasteiger partial charge in [-0.15, -0.1) is 0 Å². The number of rotatable bonds is 0. The average molecular weight is 207 g/mol. The summed E-state index contributed by atoms with van der Waals surface area (Å²) in [6, 6.07) is 1.72. The molecule has 1 heterocycles.